The van der Waals surface area contributed by atoms with Crippen LogP contribution in [0.3, 0.4) is 0 Å². The van der Waals surface area contributed by atoms with E-state index in [1.54, 1.807) is 68.2 Å². The van der Waals surface area contributed by atoms with Crippen LogP contribution in [-0.4, -0.2) is 19.7 Å². The molecule has 0 bridgehead atoms. The van der Waals surface area contributed by atoms with Crippen molar-refractivity contribution < 1.29 is 27.8 Å². The Morgan fingerprint density at radius 3 is 1.48 bits per heavy atom. The van der Waals surface area contributed by atoms with E-state index in [2.05, 4.69) is 0 Å². The molecule has 0 saturated heterocycles. The summed E-state index contributed by atoms with van der Waals surface area (Å²) in [4.78, 5) is 25.0. The van der Waals surface area contributed by atoms with E-state index in [0.29, 0.717) is 11.1 Å². The van der Waals surface area contributed by atoms with Gasteiger partial charge in [0.05, 0.1) is 0 Å². The first-order valence-electron chi connectivity index (χ1n) is 8.44. The van der Waals surface area contributed by atoms with Crippen molar-refractivity contribution >= 4 is 27.1 Å². The van der Waals surface area contributed by atoms with Gasteiger partial charge in [-0.15, -0.1) is 0 Å². The summed E-state index contributed by atoms with van der Waals surface area (Å²) in [7, 11) is -6.96. The standard InChI is InChI=1S/C19H23O6PSi/c1-27(2,3)25-26(22,18(20)23-14-16-10-6-4-7-11-16)19(21)24-15-17-12-8-5-9-13-17/h4-13H,14-15H2,1-3H3. The predicted molar refractivity (Wildman–Crippen MR) is 105 cm³/mol. The number of carbonyl (C=O) groups is 2. The lowest BCUT2D eigenvalue weighted by molar-refractivity contribution is 0.151. The Morgan fingerprint density at radius 2 is 1.15 bits per heavy atom. The largest absolute Gasteiger partial charge is 0.453 e. The molecule has 0 amide bonds. The van der Waals surface area contributed by atoms with E-state index < -0.39 is 27.1 Å². The Kier molecular flexibility index (Phi) is 7.13. The second-order valence-corrected chi connectivity index (χ2v) is 13.6. The molecule has 0 N–H and O–H groups in total. The Bertz CT molecular complexity index is 758. The molecule has 6 nitrogen and oxygen atoms in total. The molecule has 8 heteroatoms. The first-order chi connectivity index (χ1) is 12.7. The second-order valence-electron chi connectivity index (χ2n) is 6.84. The summed E-state index contributed by atoms with van der Waals surface area (Å²) in [6, 6.07) is 17.8. The number of hydrogen-bond donors (Lipinski definition) is 0. The minimum Gasteiger partial charge on any atom is -0.453 e. The molecule has 0 fully saturated rings. The van der Waals surface area contributed by atoms with E-state index in [1.165, 1.54) is 0 Å². The van der Waals surface area contributed by atoms with Crippen molar-refractivity contribution in [3.8, 4) is 0 Å². The van der Waals surface area contributed by atoms with Crippen LogP contribution < -0.4 is 0 Å². The molecule has 0 heterocycles. The molecule has 2 aromatic rings. The molecule has 144 valence electrons. The van der Waals surface area contributed by atoms with Crippen LogP contribution >= 0.6 is 7.37 Å². The third kappa shape index (κ3) is 6.47. The summed E-state index contributed by atoms with van der Waals surface area (Å²) in [5.74, 6) is 0. The Balaban J connectivity index is 2.11. The fourth-order valence-corrected chi connectivity index (χ4v) is 6.44. The van der Waals surface area contributed by atoms with Crippen LogP contribution in [0.25, 0.3) is 0 Å². The summed E-state index contributed by atoms with van der Waals surface area (Å²) in [5, 5.41) is 0. The fourth-order valence-electron chi connectivity index (χ4n) is 2.14. The highest BCUT2D eigenvalue weighted by molar-refractivity contribution is 7.90. The van der Waals surface area contributed by atoms with Gasteiger partial charge in [0.25, 0.3) is 0 Å². The van der Waals surface area contributed by atoms with Gasteiger partial charge in [-0.3, -0.25) is 4.57 Å². The van der Waals surface area contributed by atoms with Crippen molar-refractivity contribution in [3.63, 3.8) is 0 Å². The predicted octanol–water partition coefficient (Wildman–Crippen LogP) is 5.79. The zero-order chi connectivity index (χ0) is 19.9. The zero-order valence-electron chi connectivity index (χ0n) is 15.6. The topological polar surface area (TPSA) is 78.9 Å². The maximum Gasteiger partial charge on any atom is 0.404 e. The molecule has 27 heavy (non-hydrogen) atoms. The maximum atomic E-state index is 13.1. The van der Waals surface area contributed by atoms with E-state index in [4.69, 9.17) is 13.7 Å². The van der Waals surface area contributed by atoms with Crippen LogP contribution in [0.15, 0.2) is 60.7 Å². The first-order valence-corrected chi connectivity index (χ1v) is 13.5. The first kappa shape index (κ1) is 21.1. The Labute approximate surface area is 160 Å². The quantitative estimate of drug-likeness (QED) is 0.408. The van der Waals surface area contributed by atoms with Gasteiger partial charge >= 0.3 is 18.8 Å². The molecule has 0 aliphatic heterocycles. The zero-order valence-corrected chi connectivity index (χ0v) is 17.5. The summed E-state index contributed by atoms with van der Waals surface area (Å²) in [6.45, 7) is 4.98. The minimum absolute atomic E-state index is 0.106. The van der Waals surface area contributed by atoms with E-state index in [1.807, 2.05) is 12.1 Å². The molecule has 0 radical (unpaired) electrons. The molecule has 0 aliphatic rings. The second kappa shape index (κ2) is 9.13. The minimum atomic E-state index is -4.46. The molecule has 0 saturated carbocycles. The molecule has 0 unspecified atom stereocenters. The average molecular weight is 406 g/mol. The van der Waals surface area contributed by atoms with Gasteiger partial charge in [-0.05, 0) is 30.8 Å². The number of hydrogen-bond acceptors (Lipinski definition) is 6. The van der Waals surface area contributed by atoms with Crippen LogP contribution in [-0.2, 0) is 31.5 Å². The number of carbonyl (C=O) groups excluding carboxylic acids is 2. The number of ether oxygens (including phenoxy) is 2. The summed E-state index contributed by atoms with van der Waals surface area (Å²) >= 11 is 0. The lowest BCUT2D eigenvalue weighted by Crippen LogP contribution is -2.28. The average Bonchev–Trinajstić information content (AvgIpc) is 2.64. The molecule has 2 aromatic carbocycles. The van der Waals surface area contributed by atoms with Crippen LogP contribution in [0.5, 0.6) is 0 Å². The number of benzene rings is 2. The van der Waals surface area contributed by atoms with Crippen LogP contribution in [0, 0.1) is 0 Å². The molecule has 0 aromatic heterocycles. The van der Waals surface area contributed by atoms with Crippen molar-refractivity contribution in [1.82, 2.24) is 0 Å². The smallest absolute Gasteiger partial charge is 0.404 e. The van der Waals surface area contributed by atoms with Gasteiger partial charge in [0.2, 0.25) is 0 Å². The van der Waals surface area contributed by atoms with Gasteiger partial charge in [0.15, 0.2) is 8.32 Å². The van der Waals surface area contributed by atoms with Crippen molar-refractivity contribution in [2.75, 3.05) is 0 Å². The molecule has 2 rings (SSSR count). The highest BCUT2D eigenvalue weighted by atomic mass is 31.2. The molecule has 0 spiro atoms. The normalized spacial score (nSPS) is 11.7. The van der Waals surface area contributed by atoms with Crippen molar-refractivity contribution in [3.05, 3.63) is 71.8 Å². The van der Waals surface area contributed by atoms with Crippen LogP contribution in [0.1, 0.15) is 11.1 Å². The summed E-state index contributed by atoms with van der Waals surface area (Å²) in [6.07, 6.45) is 0. The van der Waals surface area contributed by atoms with Crippen molar-refractivity contribution in [1.29, 1.82) is 0 Å². The van der Waals surface area contributed by atoms with Crippen molar-refractivity contribution in [2.24, 2.45) is 0 Å². The molecular formula is C19H23O6PSi. The summed E-state index contributed by atoms with van der Waals surface area (Å²) in [5.41, 5.74) is -0.954. The third-order valence-corrected chi connectivity index (χ3v) is 7.73. The third-order valence-electron chi connectivity index (χ3n) is 3.29. The summed E-state index contributed by atoms with van der Waals surface area (Å²) < 4.78 is 28.8. The molecule has 0 aliphatic carbocycles. The van der Waals surface area contributed by atoms with E-state index in [9.17, 15) is 14.2 Å². The van der Waals surface area contributed by atoms with Gasteiger partial charge < -0.3 is 13.7 Å². The van der Waals surface area contributed by atoms with Gasteiger partial charge in [0, 0.05) is 0 Å². The van der Waals surface area contributed by atoms with Crippen LogP contribution in [0.2, 0.25) is 19.6 Å². The maximum absolute atomic E-state index is 13.1. The van der Waals surface area contributed by atoms with Gasteiger partial charge in [-0.1, -0.05) is 60.7 Å². The highest BCUT2D eigenvalue weighted by Gasteiger charge is 2.48. The lowest BCUT2D eigenvalue weighted by atomic mass is 10.2. The number of rotatable bonds is 8. The molecule has 0 atom stereocenters. The molecular weight excluding hydrogens is 383 g/mol. The highest BCUT2D eigenvalue weighted by Crippen LogP contribution is 2.53. The van der Waals surface area contributed by atoms with Crippen molar-refractivity contribution in [2.45, 2.75) is 32.9 Å². The van der Waals surface area contributed by atoms with Gasteiger partial charge in [-0.2, -0.15) is 0 Å². The van der Waals surface area contributed by atoms with Gasteiger partial charge in [0.1, 0.15) is 13.2 Å². The van der Waals surface area contributed by atoms with E-state index in [-0.39, 0.29) is 13.2 Å². The van der Waals surface area contributed by atoms with Crippen LogP contribution in [0.4, 0.5) is 9.59 Å². The van der Waals surface area contributed by atoms with E-state index in [0.717, 1.165) is 0 Å². The van der Waals surface area contributed by atoms with Gasteiger partial charge in [-0.25, -0.2) is 9.59 Å². The fraction of sp³-hybridized carbons (Fsp3) is 0.263. The monoisotopic (exact) mass is 406 g/mol. The lowest BCUT2D eigenvalue weighted by Gasteiger charge is -2.23. The van der Waals surface area contributed by atoms with E-state index >= 15 is 0 Å². The Morgan fingerprint density at radius 1 is 0.778 bits per heavy atom. The SMILES string of the molecule is C[Si](C)(C)OP(=O)(C(=O)OCc1ccccc1)C(=O)OCc1ccccc1. The Hall–Kier alpha value is -2.21.